The Kier molecular flexibility index (Phi) is 6.17. The molecule has 1 atom stereocenters. The van der Waals surface area contributed by atoms with Crippen LogP contribution in [0.5, 0.6) is 5.75 Å². The van der Waals surface area contributed by atoms with Crippen LogP contribution in [0.3, 0.4) is 0 Å². The van der Waals surface area contributed by atoms with Gasteiger partial charge in [0.15, 0.2) is 6.10 Å². The predicted molar refractivity (Wildman–Crippen MR) is 142 cm³/mol. The fraction of sp³-hybridized carbons (Fsp3) is 0.367. The van der Waals surface area contributed by atoms with Crippen molar-refractivity contribution in [3.63, 3.8) is 0 Å². The molecule has 5 rings (SSSR count). The molecule has 186 valence electrons. The lowest BCUT2D eigenvalue weighted by Gasteiger charge is -2.31. The van der Waals surface area contributed by atoms with Crippen LogP contribution in [0.25, 0.3) is 32.9 Å². The lowest BCUT2D eigenvalue weighted by molar-refractivity contribution is -0.163. The first-order chi connectivity index (χ1) is 17.2. The van der Waals surface area contributed by atoms with E-state index in [9.17, 15) is 9.90 Å². The van der Waals surface area contributed by atoms with E-state index in [1.54, 1.807) is 0 Å². The van der Waals surface area contributed by atoms with Crippen molar-refractivity contribution < 1.29 is 19.4 Å². The summed E-state index contributed by atoms with van der Waals surface area (Å²) in [5.74, 6) is -0.201. The van der Waals surface area contributed by atoms with Crippen molar-refractivity contribution in [1.29, 1.82) is 0 Å². The van der Waals surface area contributed by atoms with E-state index in [0.29, 0.717) is 12.2 Å². The Morgan fingerprint density at radius 2 is 2.00 bits per heavy atom. The Bertz CT molecular complexity index is 1480. The number of aliphatic carboxylic acids is 1. The van der Waals surface area contributed by atoms with Crippen molar-refractivity contribution in [2.45, 2.75) is 65.6 Å². The Hall–Kier alpha value is -3.51. The molecule has 1 aliphatic rings. The number of carboxylic acids is 1. The molecule has 0 fully saturated rings. The third-order valence-electron chi connectivity index (χ3n) is 6.99. The second-order valence-corrected chi connectivity index (χ2v) is 10.3. The number of rotatable bonds is 7. The first-order valence-electron chi connectivity index (χ1n) is 12.6. The highest BCUT2D eigenvalue weighted by atomic mass is 16.5. The van der Waals surface area contributed by atoms with Crippen molar-refractivity contribution in [2.24, 2.45) is 0 Å². The first kappa shape index (κ1) is 24.2. The summed E-state index contributed by atoms with van der Waals surface area (Å²) < 4.78 is 12.3. The highest BCUT2D eigenvalue weighted by molar-refractivity contribution is 6.08. The van der Waals surface area contributed by atoms with E-state index in [1.807, 2.05) is 70.3 Å². The van der Waals surface area contributed by atoms with E-state index in [2.05, 4.69) is 6.92 Å². The van der Waals surface area contributed by atoms with E-state index < -0.39 is 17.7 Å². The van der Waals surface area contributed by atoms with Crippen LogP contribution in [-0.4, -0.2) is 33.3 Å². The summed E-state index contributed by atoms with van der Waals surface area (Å²) in [6.07, 6.45) is 3.13. The Morgan fingerprint density at radius 3 is 2.75 bits per heavy atom. The molecule has 0 spiro atoms. The topological polar surface area (TPSA) is 81.5 Å². The van der Waals surface area contributed by atoms with Gasteiger partial charge in [0.25, 0.3) is 0 Å². The average molecular weight is 485 g/mol. The number of carbonyl (C=O) groups is 1. The fourth-order valence-electron chi connectivity index (χ4n) is 5.47. The van der Waals surface area contributed by atoms with E-state index in [1.165, 1.54) is 5.56 Å². The van der Waals surface area contributed by atoms with Crippen LogP contribution >= 0.6 is 0 Å². The summed E-state index contributed by atoms with van der Waals surface area (Å²) in [4.78, 5) is 22.3. The number of aryl methyl sites for hydroxylation is 2. The molecule has 0 bridgehead atoms. The molecule has 3 heterocycles. The van der Waals surface area contributed by atoms with Crippen LogP contribution < -0.4 is 4.74 Å². The second-order valence-electron chi connectivity index (χ2n) is 10.3. The van der Waals surface area contributed by atoms with Gasteiger partial charge < -0.3 is 14.6 Å². The molecule has 0 aliphatic carbocycles. The molecule has 2 aromatic carbocycles. The number of aromatic nitrogens is 2. The zero-order valence-corrected chi connectivity index (χ0v) is 21.5. The van der Waals surface area contributed by atoms with Crippen LogP contribution in [0.2, 0.25) is 0 Å². The molecule has 1 N–H and O–H groups in total. The number of hydrogen-bond acceptors (Lipinski definition) is 5. The summed E-state index contributed by atoms with van der Waals surface area (Å²) in [6, 6.07) is 12.0. The molecule has 4 aromatic rings. The second kappa shape index (κ2) is 9.17. The lowest BCUT2D eigenvalue weighted by Crippen LogP contribution is -2.31. The smallest absolute Gasteiger partial charge is 0.337 e. The number of carboxylic acid groups (broad SMARTS) is 1. The predicted octanol–water partition coefficient (Wildman–Crippen LogP) is 6.72. The molecule has 36 heavy (non-hydrogen) atoms. The zero-order chi connectivity index (χ0) is 25.6. The maximum absolute atomic E-state index is 12.8. The number of ether oxygens (including phenoxy) is 2. The van der Waals surface area contributed by atoms with Crippen LogP contribution in [0, 0.1) is 13.8 Å². The van der Waals surface area contributed by atoms with Crippen LogP contribution in [0.15, 0.2) is 42.6 Å². The molecule has 0 saturated carbocycles. The van der Waals surface area contributed by atoms with Gasteiger partial charge in [-0.05, 0) is 81.1 Å². The molecule has 0 radical (unpaired) electrons. The first-order valence-corrected chi connectivity index (χ1v) is 12.6. The number of benzene rings is 2. The standard InChI is InChI=1S/C30H32N2O4/c1-6-13-30(4,5)36-28(29(33)34)24-17(2)16-22-20(8-7-18(3)32-22)26(24)21-9-10-23-25-19(12-15-35-23)11-14-31-27(21)25/h7-11,14,16,28H,6,12-13,15H2,1-5H3,(H,33,34). The summed E-state index contributed by atoms with van der Waals surface area (Å²) >= 11 is 0. The van der Waals surface area contributed by atoms with E-state index >= 15 is 0 Å². The van der Waals surface area contributed by atoms with Crippen molar-refractivity contribution in [3.05, 3.63) is 65.0 Å². The van der Waals surface area contributed by atoms with Crippen LogP contribution in [0.4, 0.5) is 0 Å². The minimum absolute atomic E-state index is 0.603. The van der Waals surface area contributed by atoms with Gasteiger partial charge in [-0.2, -0.15) is 0 Å². The Balaban J connectivity index is 1.86. The Labute approximate surface area is 211 Å². The summed E-state index contributed by atoms with van der Waals surface area (Å²) in [5, 5.41) is 12.3. The SMILES string of the molecule is CCCC(C)(C)OC(C(=O)O)c1c(C)cc2nc(C)ccc2c1-c1ccc2c3c(ccnc13)CCO2. The van der Waals surface area contributed by atoms with Gasteiger partial charge in [0.05, 0.1) is 23.2 Å². The van der Waals surface area contributed by atoms with Crippen LogP contribution in [-0.2, 0) is 16.0 Å². The number of pyridine rings is 2. The molecular formula is C30H32N2O4. The maximum atomic E-state index is 12.8. The van der Waals surface area contributed by atoms with Gasteiger partial charge >= 0.3 is 5.97 Å². The highest BCUT2D eigenvalue weighted by Gasteiger charge is 2.34. The summed E-state index contributed by atoms with van der Waals surface area (Å²) in [5.41, 5.74) is 6.24. The maximum Gasteiger partial charge on any atom is 0.337 e. The highest BCUT2D eigenvalue weighted by Crippen LogP contribution is 2.45. The molecule has 6 heteroatoms. The largest absolute Gasteiger partial charge is 0.493 e. The minimum Gasteiger partial charge on any atom is -0.493 e. The number of hydrogen-bond donors (Lipinski definition) is 1. The monoisotopic (exact) mass is 484 g/mol. The third kappa shape index (κ3) is 4.20. The molecule has 1 unspecified atom stereocenters. The fourth-order valence-corrected chi connectivity index (χ4v) is 5.47. The third-order valence-corrected chi connectivity index (χ3v) is 6.99. The minimum atomic E-state index is -1.14. The van der Waals surface area contributed by atoms with Gasteiger partial charge in [0.1, 0.15) is 5.75 Å². The van der Waals surface area contributed by atoms with Crippen LogP contribution in [0.1, 0.15) is 62.1 Å². The van der Waals surface area contributed by atoms with Gasteiger partial charge in [0.2, 0.25) is 0 Å². The van der Waals surface area contributed by atoms with Gasteiger partial charge in [-0.1, -0.05) is 19.4 Å². The lowest BCUT2D eigenvalue weighted by atomic mass is 9.86. The Morgan fingerprint density at radius 1 is 1.19 bits per heavy atom. The average Bonchev–Trinajstić information content (AvgIpc) is 2.82. The van der Waals surface area contributed by atoms with Crippen molar-refractivity contribution in [2.75, 3.05) is 6.61 Å². The number of fused-ring (bicyclic) bond motifs is 1. The molecule has 2 aromatic heterocycles. The quantitative estimate of drug-likeness (QED) is 0.313. The molecule has 6 nitrogen and oxygen atoms in total. The van der Waals surface area contributed by atoms with Crippen molar-refractivity contribution in [3.8, 4) is 16.9 Å². The molecular weight excluding hydrogens is 452 g/mol. The summed E-state index contributed by atoms with van der Waals surface area (Å²) in [7, 11) is 0. The number of nitrogens with zero attached hydrogens (tertiary/aromatic N) is 2. The zero-order valence-electron chi connectivity index (χ0n) is 21.5. The van der Waals surface area contributed by atoms with Gasteiger partial charge in [0, 0.05) is 40.2 Å². The normalized spacial score (nSPS) is 14.1. The van der Waals surface area contributed by atoms with E-state index in [0.717, 1.165) is 69.2 Å². The van der Waals surface area contributed by atoms with Gasteiger partial charge in [-0.3, -0.25) is 9.97 Å². The van der Waals surface area contributed by atoms with Crippen molar-refractivity contribution >= 4 is 27.8 Å². The van der Waals surface area contributed by atoms with Gasteiger partial charge in [-0.15, -0.1) is 0 Å². The molecule has 0 amide bonds. The molecule has 1 aliphatic heterocycles. The van der Waals surface area contributed by atoms with Gasteiger partial charge in [-0.25, -0.2) is 4.79 Å². The van der Waals surface area contributed by atoms with Crippen molar-refractivity contribution in [1.82, 2.24) is 9.97 Å². The van der Waals surface area contributed by atoms with E-state index in [-0.39, 0.29) is 0 Å². The van der Waals surface area contributed by atoms with E-state index in [4.69, 9.17) is 19.4 Å². The summed E-state index contributed by atoms with van der Waals surface area (Å²) in [6.45, 7) is 10.5. The molecule has 0 saturated heterocycles.